The molecule has 0 aliphatic rings. The predicted octanol–water partition coefficient (Wildman–Crippen LogP) is 5.76. The van der Waals surface area contributed by atoms with E-state index in [4.69, 9.17) is 4.74 Å². The van der Waals surface area contributed by atoms with Gasteiger partial charge in [0.25, 0.3) is 0 Å². The number of carbonyl (C=O) groups excluding carboxylic acids is 1. The van der Waals surface area contributed by atoms with Crippen LogP contribution in [-0.4, -0.2) is 22.6 Å². The second kappa shape index (κ2) is 11.3. The number of hydrogen-bond donors (Lipinski definition) is 1. The van der Waals surface area contributed by atoms with Crippen molar-refractivity contribution in [2.75, 3.05) is 6.61 Å². The molecular formula is C22H25NO5S. The molecule has 1 N–H and O–H groups in total. The van der Waals surface area contributed by atoms with E-state index in [1.807, 2.05) is 12.1 Å². The number of benzene rings is 2. The summed E-state index contributed by atoms with van der Waals surface area (Å²) in [6.07, 6.45) is 7.04. The van der Waals surface area contributed by atoms with Crippen molar-refractivity contribution in [2.45, 2.75) is 49.3 Å². The Morgan fingerprint density at radius 1 is 1.17 bits per heavy atom. The standard InChI is InChI=1S/C22H25NO5S/c1-3-5-6-7-16-8-11-18(12-9-16)29-19-14-17(10-13-21(24)28-4-2)22(25)20(15-19)23(26)27/h8-15,25H,3-7H2,1-2H3. The Hall–Kier alpha value is -2.80. The van der Waals surface area contributed by atoms with Crippen LogP contribution in [0.2, 0.25) is 0 Å². The van der Waals surface area contributed by atoms with E-state index in [1.54, 1.807) is 13.0 Å². The SMILES string of the molecule is CCCCCc1ccc(Sc2cc(C=CC(=O)OCC)c(O)c([N+](=O)[O-])c2)cc1. The van der Waals surface area contributed by atoms with E-state index in [0.29, 0.717) is 4.90 Å². The zero-order chi connectivity index (χ0) is 21.2. The van der Waals surface area contributed by atoms with Crippen molar-refractivity contribution in [3.8, 4) is 5.75 Å². The van der Waals surface area contributed by atoms with Gasteiger partial charge in [0.15, 0.2) is 0 Å². The highest BCUT2D eigenvalue weighted by Crippen LogP contribution is 2.38. The lowest BCUT2D eigenvalue weighted by molar-refractivity contribution is -0.386. The van der Waals surface area contributed by atoms with Gasteiger partial charge in [-0.15, -0.1) is 0 Å². The van der Waals surface area contributed by atoms with Crippen LogP contribution in [0.3, 0.4) is 0 Å². The molecule has 2 rings (SSSR count). The monoisotopic (exact) mass is 415 g/mol. The molecule has 6 nitrogen and oxygen atoms in total. The summed E-state index contributed by atoms with van der Waals surface area (Å²) in [5.74, 6) is -1.06. The molecule has 2 aromatic carbocycles. The average Bonchev–Trinajstić information content (AvgIpc) is 2.69. The van der Waals surface area contributed by atoms with Gasteiger partial charge in [0.1, 0.15) is 0 Å². The smallest absolute Gasteiger partial charge is 0.330 e. The number of aryl methyl sites for hydroxylation is 1. The lowest BCUT2D eigenvalue weighted by Crippen LogP contribution is -1.98. The lowest BCUT2D eigenvalue weighted by Gasteiger charge is -2.07. The molecule has 0 fully saturated rings. The molecule has 0 bridgehead atoms. The van der Waals surface area contributed by atoms with Crippen LogP contribution in [0.15, 0.2) is 52.3 Å². The van der Waals surface area contributed by atoms with E-state index < -0.39 is 22.3 Å². The number of nitro groups is 1. The number of hydrogen-bond acceptors (Lipinski definition) is 6. The van der Waals surface area contributed by atoms with Crippen molar-refractivity contribution >= 4 is 29.5 Å². The normalized spacial score (nSPS) is 11.0. The van der Waals surface area contributed by atoms with Gasteiger partial charge in [-0.1, -0.05) is 43.7 Å². The van der Waals surface area contributed by atoms with Crippen molar-refractivity contribution in [3.63, 3.8) is 0 Å². The summed E-state index contributed by atoms with van der Waals surface area (Å²) >= 11 is 1.36. The van der Waals surface area contributed by atoms with Gasteiger partial charge < -0.3 is 9.84 Å². The molecule has 0 atom stereocenters. The van der Waals surface area contributed by atoms with Crippen LogP contribution < -0.4 is 0 Å². The number of carbonyl (C=O) groups is 1. The van der Waals surface area contributed by atoms with Gasteiger partial charge in [0, 0.05) is 27.5 Å². The Labute approximate surface area is 174 Å². The molecule has 0 aliphatic carbocycles. The maximum atomic E-state index is 11.5. The van der Waals surface area contributed by atoms with Crippen molar-refractivity contribution < 1.29 is 19.6 Å². The highest BCUT2D eigenvalue weighted by molar-refractivity contribution is 7.99. The third-order valence-corrected chi connectivity index (χ3v) is 5.18. The van der Waals surface area contributed by atoms with Gasteiger partial charge in [0.05, 0.1) is 11.5 Å². The summed E-state index contributed by atoms with van der Waals surface area (Å²) in [4.78, 5) is 23.7. The Morgan fingerprint density at radius 3 is 2.52 bits per heavy atom. The molecule has 0 heterocycles. The van der Waals surface area contributed by atoms with E-state index in [0.717, 1.165) is 23.8 Å². The third kappa shape index (κ3) is 6.94. The van der Waals surface area contributed by atoms with Gasteiger partial charge in [-0.3, -0.25) is 10.1 Å². The van der Waals surface area contributed by atoms with Crippen molar-refractivity contribution in [3.05, 3.63) is 63.7 Å². The summed E-state index contributed by atoms with van der Waals surface area (Å²) < 4.78 is 4.81. The van der Waals surface area contributed by atoms with Crippen molar-refractivity contribution in [1.82, 2.24) is 0 Å². The topological polar surface area (TPSA) is 89.7 Å². The first-order valence-corrected chi connectivity index (χ1v) is 10.4. The van der Waals surface area contributed by atoms with Crippen LogP contribution >= 0.6 is 11.8 Å². The van der Waals surface area contributed by atoms with Crippen LogP contribution in [0.1, 0.15) is 44.2 Å². The van der Waals surface area contributed by atoms with E-state index in [1.165, 1.54) is 42.3 Å². The number of aromatic hydroxyl groups is 1. The molecule has 2 aromatic rings. The number of nitro benzene ring substituents is 1. The fourth-order valence-corrected chi connectivity index (χ4v) is 3.63. The highest BCUT2D eigenvalue weighted by Gasteiger charge is 2.18. The molecule has 0 radical (unpaired) electrons. The van der Waals surface area contributed by atoms with Gasteiger partial charge in [-0.25, -0.2) is 4.79 Å². The Bertz CT molecular complexity index is 878. The third-order valence-electron chi connectivity index (χ3n) is 4.20. The molecule has 7 heteroatoms. The van der Waals surface area contributed by atoms with Gasteiger partial charge in [-0.05, 0) is 49.6 Å². The number of nitrogens with zero attached hydrogens (tertiary/aromatic N) is 1. The Morgan fingerprint density at radius 2 is 1.90 bits per heavy atom. The zero-order valence-corrected chi connectivity index (χ0v) is 17.4. The Kier molecular flexibility index (Phi) is 8.73. The number of rotatable bonds is 10. The van der Waals surface area contributed by atoms with Gasteiger partial charge in [-0.2, -0.15) is 0 Å². The first-order chi connectivity index (χ1) is 13.9. The average molecular weight is 416 g/mol. The summed E-state index contributed by atoms with van der Waals surface area (Å²) in [5.41, 5.74) is 1.04. The van der Waals surface area contributed by atoms with Crippen LogP contribution in [0.4, 0.5) is 5.69 Å². The van der Waals surface area contributed by atoms with Crippen molar-refractivity contribution in [1.29, 1.82) is 0 Å². The minimum absolute atomic E-state index is 0.186. The number of esters is 1. The van der Waals surface area contributed by atoms with E-state index in [9.17, 15) is 20.0 Å². The molecule has 0 saturated heterocycles. The first kappa shape index (κ1) is 22.5. The maximum Gasteiger partial charge on any atom is 0.330 e. The molecule has 0 aromatic heterocycles. The van der Waals surface area contributed by atoms with E-state index in [2.05, 4.69) is 19.1 Å². The molecule has 154 valence electrons. The minimum Gasteiger partial charge on any atom is -0.502 e. The summed E-state index contributed by atoms with van der Waals surface area (Å²) in [7, 11) is 0. The molecule has 0 aliphatic heterocycles. The molecule has 0 spiro atoms. The van der Waals surface area contributed by atoms with E-state index >= 15 is 0 Å². The summed E-state index contributed by atoms with van der Waals surface area (Å²) in [5, 5.41) is 21.5. The largest absolute Gasteiger partial charge is 0.502 e. The molecule has 29 heavy (non-hydrogen) atoms. The second-order valence-electron chi connectivity index (χ2n) is 6.43. The summed E-state index contributed by atoms with van der Waals surface area (Å²) in [6.45, 7) is 4.08. The van der Waals surface area contributed by atoms with Crippen LogP contribution in [0.25, 0.3) is 6.08 Å². The quantitative estimate of drug-likeness (QED) is 0.174. The van der Waals surface area contributed by atoms with Crippen LogP contribution in [0.5, 0.6) is 5.75 Å². The molecule has 0 unspecified atom stereocenters. The maximum absolute atomic E-state index is 11.5. The number of ether oxygens (including phenoxy) is 1. The molecule has 0 amide bonds. The lowest BCUT2D eigenvalue weighted by atomic mass is 10.1. The fraction of sp³-hybridized carbons (Fsp3) is 0.318. The summed E-state index contributed by atoms with van der Waals surface area (Å²) in [6, 6.07) is 11.0. The predicted molar refractivity (Wildman–Crippen MR) is 114 cm³/mol. The Balaban J connectivity index is 2.23. The number of phenols is 1. The highest BCUT2D eigenvalue weighted by atomic mass is 32.2. The zero-order valence-electron chi connectivity index (χ0n) is 16.6. The number of phenolic OH excluding ortho intramolecular Hbond substituents is 1. The van der Waals surface area contributed by atoms with Gasteiger partial charge >= 0.3 is 11.7 Å². The molecular weight excluding hydrogens is 390 g/mol. The van der Waals surface area contributed by atoms with Crippen LogP contribution in [0, 0.1) is 10.1 Å². The second-order valence-corrected chi connectivity index (χ2v) is 7.57. The van der Waals surface area contributed by atoms with Crippen LogP contribution in [-0.2, 0) is 16.0 Å². The number of unbranched alkanes of at least 4 members (excludes halogenated alkanes) is 2. The molecule has 0 saturated carbocycles. The minimum atomic E-state index is -0.641. The first-order valence-electron chi connectivity index (χ1n) is 9.57. The fourth-order valence-electron chi connectivity index (χ4n) is 2.73. The van der Waals surface area contributed by atoms with Crippen molar-refractivity contribution in [2.24, 2.45) is 0 Å². The van der Waals surface area contributed by atoms with E-state index in [-0.39, 0.29) is 12.2 Å². The van der Waals surface area contributed by atoms with Gasteiger partial charge in [0.2, 0.25) is 5.75 Å².